The maximum absolute atomic E-state index is 11.1. The number of β-lactam (4-membered cyclic amide) rings is 1. The molecule has 0 aromatic carbocycles. The van der Waals surface area contributed by atoms with E-state index in [1.54, 1.807) is 13.8 Å². The number of rotatable bonds is 5. The highest BCUT2D eigenvalue weighted by Gasteiger charge is 2.43. The Hall–Kier alpha value is -0.650. The van der Waals surface area contributed by atoms with Crippen LogP contribution < -0.4 is 5.32 Å². The quantitative estimate of drug-likeness (QED) is 0.472. The lowest BCUT2D eigenvalue weighted by molar-refractivity contribution is -0.197. The van der Waals surface area contributed by atoms with Gasteiger partial charge in [-0.3, -0.25) is 4.79 Å². The Labute approximate surface area is 83.4 Å². The van der Waals surface area contributed by atoms with Gasteiger partial charge in [0, 0.05) is 6.61 Å². The number of amides is 1. The van der Waals surface area contributed by atoms with Crippen molar-refractivity contribution >= 4 is 5.91 Å². The Morgan fingerprint density at radius 2 is 2.21 bits per heavy atom. The summed E-state index contributed by atoms with van der Waals surface area (Å²) in [4.78, 5) is 11.1. The van der Waals surface area contributed by atoms with Crippen LogP contribution in [-0.4, -0.2) is 42.2 Å². The van der Waals surface area contributed by atoms with Crippen LogP contribution >= 0.6 is 0 Å². The summed E-state index contributed by atoms with van der Waals surface area (Å²) in [7, 11) is 0. The molecule has 0 radical (unpaired) electrons. The van der Waals surface area contributed by atoms with E-state index in [0.29, 0.717) is 6.61 Å². The molecule has 1 aliphatic heterocycles. The fourth-order valence-electron chi connectivity index (χ4n) is 1.39. The van der Waals surface area contributed by atoms with Gasteiger partial charge in [0.2, 0.25) is 0 Å². The smallest absolute Gasteiger partial charge is 0.251 e. The molecular weight excluding hydrogens is 186 g/mol. The zero-order valence-electron chi connectivity index (χ0n) is 8.69. The van der Waals surface area contributed by atoms with Crippen LogP contribution in [0.4, 0.5) is 0 Å². The molecule has 1 amide bonds. The van der Waals surface area contributed by atoms with E-state index in [0.717, 1.165) is 0 Å². The predicted octanol–water partition coefficient (Wildman–Crippen LogP) is -0.367. The van der Waals surface area contributed by atoms with Crippen molar-refractivity contribution in [3.8, 4) is 0 Å². The van der Waals surface area contributed by atoms with Crippen molar-refractivity contribution < 1.29 is 19.4 Å². The second-order valence-corrected chi connectivity index (χ2v) is 3.35. The molecule has 2 unspecified atom stereocenters. The second kappa shape index (κ2) is 4.72. The van der Waals surface area contributed by atoms with Crippen LogP contribution in [0.25, 0.3) is 0 Å². The topological polar surface area (TPSA) is 67.8 Å². The Kier molecular flexibility index (Phi) is 3.86. The number of ether oxygens (including phenoxy) is 2. The molecule has 5 heteroatoms. The first kappa shape index (κ1) is 11.4. The van der Waals surface area contributed by atoms with Gasteiger partial charge in [0.05, 0.1) is 12.1 Å². The summed E-state index contributed by atoms with van der Waals surface area (Å²) in [5, 5.41) is 11.8. The van der Waals surface area contributed by atoms with Crippen LogP contribution in [0.5, 0.6) is 0 Å². The normalized spacial score (nSPS) is 30.4. The van der Waals surface area contributed by atoms with E-state index in [1.165, 1.54) is 0 Å². The van der Waals surface area contributed by atoms with Gasteiger partial charge in [-0.15, -0.1) is 0 Å². The van der Waals surface area contributed by atoms with Crippen LogP contribution in [-0.2, 0) is 14.3 Å². The molecule has 0 bridgehead atoms. The summed E-state index contributed by atoms with van der Waals surface area (Å²) < 4.78 is 10.5. The second-order valence-electron chi connectivity index (χ2n) is 3.35. The highest BCUT2D eigenvalue weighted by atomic mass is 16.7. The average Bonchev–Trinajstić information content (AvgIpc) is 2.10. The minimum absolute atomic E-state index is 0.192. The Balaban J connectivity index is 2.38. The molecule has 1 rings (SSSR count). The van der Waals surface area contributed by atoms with E-state index in [2.05, 4.69) is 5.32 Å². The fourth-order valence-corrected chi connectivity index (χ4v) is 1.39. The molecule has 4 atom stereocenters. The monoisotopic (exact) mass is 203 g/mol. The van der Waals surface area contributed by atoms with E-state index in [1.807, 2.05) is 6.92 Å². The van der Waals surface area contributed by atoms with Crippen molar-refractivity contribution in [3.05, 3.63) is 0 Å². The van der Waals surface area contributed by atoms with Gasteiger partial charge in [0.25, 0.3) is 5.91 Å². The van der Waals surface area contributed by atoms with Crippen LogP contribution in [0.3, 0.4) is 0 Å². The third kappa shape index (κ3) is 2.43. The third-order valence-electron chi connectivity index (χ3n) is 2.15. The first-order valence-electron chi connectivity index (χ1n) is 4.81. The lowest BCUT2D eigenvalue weighted by Gasteiger charge is -2.39. The van der Waals surface area contributed by atoms with E-state index < -0.39 is 18.5 Å². The molecule has 1 fully saturated rings. The van der Waals surface area contributed by atoms with Gasteiger partial charge in [-0.05, 0) is 20.8 Å². The molecule has 1 saturated heterocycles. The maximum atomic E-state index is 11.1. The molecule has 2 N–H and O–H groups in total. The van der Waals surface area contributed by atoms with Crippen molar-refractivity contribution in [2.75, 3.05) is 6.61 Å². The molecule has 1 aliphatic rings. The van der Waals surface area contributed by atoms with E-state index in [4.69, 9.17) is 9.47 Å². The zero-order valence-corrected chi connectivity index (χ0v) is 8.69. The summed E-state index contributed by atoms with van der Waals surface area (Å²) in [5.74, 6) is -0.192. The van der Waals surface area contributed by atoms with Crippen molar-refractivity contribution in [1.29, 1.82) is 0 Å². The fraction of sp³-hybridized carbons (Fsp3) is 0.889. The summed E-state index contributed by atoms with van der Waals surface area (Å²) in [5.41, 5.74) is 0. The summed E-state index contributed by atoms with van der Waals surface area (Å²) in [6.45, 7) is 5.74. The van der Waals surface area contributed by atoms with Gasteiger partial charge in [-0.25, -0.2) is 0 Å². The largest absolute Gasteiger partial charge is 0.391 e. The minimum atomic E-state index is -0.605. The van der Waals surface area contributed by atoms with E-state index in [9.17, 15) is 9.90 Å². The van der Waals surface area contributed by atoms with E-state index in [-0.39, 0.29) is 11.9 Å². The molecular formula is C9H17NO4. The SMILES string of the molecule is CCOC(C)O[C@H]1C(=O)N[C@H]1C(C)O. The number of nitrogens with one attached hydrogen (secondary N) is 1. The lowest BCUT2D eigenvalue weighted by Crippen LogP contribution is -2.68. The molecule has 0 saturated carbocycles. The first-order chi connectivity index (χ1) is 6.56. The van der Waals surface area contributed by atoms with Crippen molar-refractivity contribution in [3.63, 3.8) is 0 Å². The lowest BCUT2D eigenvalue weighted by atomic mass is 9.97. The Morgan fingerprint density at radius 1 is 1.57 bits per heavy atom. The molecule has 0 spiro atoms. The highest BCUT2D eigenvalue weighted by molar-refractivity contribution is 5.88. The number of carbonyl (C=O) groups is 1. The summed E-state index contributed by atoms with van der Waals surface area (Å²) in [6, 6.07) is -0.314. The first-order valence-corrected chi connectivity index (χ1v) is 4.81. The highest BCUT2D eigenvalue weighted by Crippen LogP contribution is 2.16. The van der Waals surface area contributed by atoms with Gasteiger partial charge in [0.15, 0.2) is 12.4 Å². The molecule has 82 valence electrons. The number of carbonyl (C=O) groups excluding carboxylic acids is 1. The number of aliphatic hydroxyl groups is 1. The zero-order chi connectivity index (χ0) is 10.7. The maximum Gasteiger partial charge on any atom is 0.251 e. The van der Waals surface area contributed by atoms with Crippen LogP contribution in [0.15, 0.2) is 0 Å². The number of hydrogen-bond donors (Lipinski definition) is 2. The van der Waals surface area contributed by atoms with E-state index >= 15 is 0 Å². The van der Waals surface area contributed by atoms with Crippen LogP contribution in [0.2, 0.25) is 0 Å². The Bertz CT molecular complexity index is 207. The average molecular weight is 203 g/mol. The molecule has 5 nitrogen and oxygen atoms in total. The van der Waals surface area contributed by atoms with Gasteiger partial charge in [-0.1, -0.05) is 0 Å². The van der Waals surface area contributed by atoms with Gasteiger partial charge in [0.1, 0.15) is 0 Å². The summed E-state index contributed by atoms with van der Waals surface area (Å²) in [6.07, 6.45) is -1.61. The standard InChI is InChI=1S/C9H17NO4/c1-4-13-6(3)14-8-7(5(2)11)10-9(8)12/h5-8,11H,4H2,1-3H3,(H,10,12)/t5?,6?,7-,8+/m0/s1. The minimum Gasteiger partial charge on any atom is -0.391 e. The number of aliphatic hydroxyl groups excluding tert-OH is 1. The molecule has 0 aromatic rings. The molecule has 14 heavy (non-hydrogen) atoms. The van der Waals surface area contributed by atoms with Gasteiger partial charge >= 0.3 is 0 Å². The third-order valence-corrected chi connectivity index (χ3v) is 2.15. The van der Waals surface area contributed by atoms with Gasteiger partial charge in [-0.2, -0.15) is 0 Å². The predicted molar refractivity (Wildman–Crippen MR) is 49.6 cm³/mol. The van der Waals surface area contributed by atoms with Gasteiger partial charge < -0.3 is 19.9 Å². The number of hydrogen-bond acceptors (Lipinski definition) is 4. The van der Waals surface area contributed by atoms with Crippen molar-refractivity contribution in [2.45, 2.75) is 45.3 Å². The van der Waals surface area contributed by atoms with Crippen LogP contribution in [0, 0.1) is 0 Å². The Morgan fingerprint density at radius 3 is 2.64 bits per heavy atom. The van der Waals surface area contributed by atoms with Crippen molar-refractivity contribution in [1.82, 2.24) is 5.32 Å². The molecule has 1 heterocycles. The summed E-state index contributed by atoms with van der Waals surface area (Å²) >= 11 is 0. The van der Waals surface area contributed by atoms with Crippen LogP contribution in [0.1, 0.15) is 20.8 Å². The molecule has 0 aliphatic carbocycles. The van der Waals surface area contributed by atoms with Crippen molar-refractivity contribution in [2.24, 2.45) is 0 Å². The molecule has 0 aromatic heterocycles.